The van der Waals surface area contributed by atoms with E-state index >= 15 is 0 Å². The predicted octanol–water partition coefficient (Wildman–Crippen LogP) is 3.47. The van der Waals surface area contributed by atoms with Crippen LogP contribution in [0.3, 0.4) is 0 Å². The van der Waals surface area contributed by atoms with Crippen LogP contribution in [-0.2, 0) is 4.79 Å². The van der Waals surface area contributed by atoms with Gasteiger partial charge in [0.2, 0.25) is 11.5 Å². The van der Waals surface area contributed by atoms with Crippen LogP contribution >= 0.6 is 10.8 Å². The minimum Gasteiger partial charge on any atom is -0.502 e. The van der Waals surface area contributed by atoms with Gasteiger partial charge in [0.05, 0.1) is 25.5 Å². The number of para-hydroxylation sites is 1. The molecule has 1 aliphatic rings. The molecule has 10 heteroatoms. The second kappa shape index (κ2) is 7.22. The van der Waals surface area contributed by atoms with E-state index in [0.29, 0.717) is 23.5 Å². The van der Waals surface area contributed by atoms with Crippen molar-refractivity contribution < 1.29 is 37.6 Å². The molecule has 0 radical (unpaired) electrons. The number of furan rings is 1. The van der Waals surface area contributed by atoms with Crippen LogP contribution in [0.4, 0.5) is 5.88 Å². The minimum atomic E-state index is -3.13. The van der Waals surface area contributed by atoms with E-state index in [9.17, 15) is 19.0 Å². The van der Waals surface area contributed by atoms with Crippen molar-refractivity contribution in [2.24, 2.45) is 0 Å². The van der Waals surface area contributed by atoms with E-state index in [0.717, 1.165) is 0 Å². The third kappa shape index (κ3) is 3.38. The number of carbonyl (C=O) groups excluding carboxylic acids is 1. The Morgan fingerprint density at radius 2 is 1.96 bits per heavy atom. The second-order valence-corrected chi connectivity index (χ2v) is 7.95. The van der Waals surface area contributed by atoms with Crippen LogP contribution in [0, 0.1) is 0 Å². The lowest BCUT2D eigenvalue weighted by Gasteiger charge is -2.36. The van der Waals surface area contributed by atoms with Crippen LogP contribution < -0.4 is 18.5 Å². The van der Waals surface area contributed by atoms with Crippen molar-refractivity contribution in [3.05, 3.63) is 18.2 Å². The first-order chi connectivity index (χ1) is 12.8. The minimum absolute atomic E-state index is 0.0425. The first kappa shape index (κ1) is 19.2. The molecule has 1 saturated heterocycles. The molecule has 2 heterocycles. The molecule has 1 aliphatic heterocycles. The zero-order valence-electron chi connectivity index (χ0n) is 15.1. The van der Waals surface area contributed by atoms with Gasteiger partial charge in [0, 0.05) is 13.5 Å². The Hall–Kier alpha value is -2.56. The van der Waals surface area contributed by atoms with Crippen LogP contribution in [-0.4, -0.2) is 46.7 Å². The maximum Gasteiger partial charge on any atom is 0.308 e. The number of nitrogens with zero attached hydrogens (tertiary/aromatic N) is 1. The Morgan fingerprint density at radius 1 is 1.22 bits per heavy atom. The Kier molecular flexibility index (Phi) is 5.13. The topological polar surface area (TPSA) is 122 Å². The summed E-state index contributed by atoms with van der Waals surface area (Å²) in [7, 11) is -0.223. The van der Waals surface area contributed by atoms with Crippen LogP contribution in [0.5, 0.6) is 23.0 Å². The fourth-order valence-corrected chi connectivity index (χ4v) is 4.48. The van der Waals surface area contributed by atoms with Crippen LogP contribution in [0.2, 0.25) is 0 Å². The Bertz CT molecular complexity index is 863. The van der Waals surface area contributed by atoms with Gasteiger partial charge in [-0.25, -0.2) is 4.31 Å². The van der Waals surface area contributed by atoms with E-state index in [1.165, 1.54) is 25.4 Å². The number of rotatable bonds is 5. The van der Waals surface area contributed by atoms with Crippen molar-refractivity contribution in [1.82, 2.24) is 0 Å². The lowest BCUT2D eigenvalue weighted by molar-refractivity contribution is -0.132. The lowest BCUT2D eigenvalue weighted by atomic mass is 10.1. The molecule has 1 aromatic heterocycles. The standard InChI is InChI=1S/C17H21NO8S/c1-10(19)25-16-13(20)15(11-6-4-7-12(23-2)14(11)24-3)26-17(16)18-8-5-9-27(18,21)22/h4,6-7,20-22H,5,8-9H2,1-3H3. The highest BCUT2D eigenvalue weighted by Crippen LogP contribution is 2.58. The highest BCUT2D eigenvalue weighted by Gasteiger charge is 2.38. The zero-order chi connectivity index (χ0) is 19.8. The van der Waals surface area contributed by atoms with Gasteiger partial charge in [-0.15, -0.1) is 10.8 Å². The van der Waals surface area contributed by atoms with Gasteiger partial charge in [-0.3, -0.25) is 13.9 Å². The molecule has 148 valence electrons. The Balaban J connectivity index is 2.20. The summed E-state index contributed by atoms with van der Waals surface area (Å²) in [5, 5.41) is 10.7. The molecule has 2 aromatic rings. The van der Waals surface area contributed by atoms with Gasteiger partial charge >= 0.3 is 5.97 Å². The van der Waals surface area contributed by atoms with Crippen molar-refractivity contribution in [1.29, 1.82) is 0 Å². The monoisotopic (exact) mass is 399 g/mol. The molecule has 3 rings (SSSR count). The third-order valence-electron chi connectivity index (χ3n) is 4.08. The summed E-state index contributed by atoms with van der Waals surface area (Å²) in [6.45, 7) is 1.45. The van der Waals surface area contributed by atoms with Gasteiger partial charge in [-0.05, 0) is 18.6 Å². The zero-order valence-corrected chi connectivity index (χ0v) is 15.9. The average molecular weight is 399 g/mol. The number of esters is 1. The summed E-state index contributed by atoms with van der Waals surface area (Å²) in [6.07, 6.45) is 0.515. The summed E-state index contributed by atoms with van der Waals surface area (Å²) in [6, 6.07) is 4.98. The van der Waals surface area contributed by atoms with Gasteiger partial charge in [0.1, 0.15) is 0 Å². The van der Waals surface area contributed by atoms with E-state index in [1.54, 1.807) is 18.2 Å². The molecule has 27 heavy (non-hydrogen) atoms. The maximum absolute atomic E-state index is 11.5. The fraction of sp³-hybridized carbons (Fsp3) is 0.353. The van der Waals surface area contributed by atoms with E-state index in [1.807, 2.05) is 0 Å². The molecule has 0 unspecified atom stereocenters. The highest BCUT2D eigenvalue weighted by molar-refractivity contribution is 8.25. The second-order valence-electron chi connectivity index (χ2n) is 5.84. The van der Waals surface area contributed by atoms with Crippen molar-refractivity contribution in [3.63, 3.8) is 0 Å². The first-order valence-electron chi connectivity index (χ1n) is 8.09. The normalized spacial score (nSPS) is 16.9. The molecule has 0 saturated carbocycles. The quantitative estimate of drug-likeness (QED) is 0.649. The number of ether oxygens (including phenoxy) is 3. The maximum atomic E-state index is 11.5. The number of methoxy groups -OCH3 is 2. The predicted molar refractivity (Wildman–Crippen MR) is 99.9 cm³/mol. The summed E-state index contributed by atoms with van der Waals surface area (Å²) in [5.74, 6) is -0.708. The molecule has 9 nitrogen and oxygen atoms in total. The summed E-state index contributed by atoms with van der Waals surface area (Å²) in [5.41, 5.74) is 0.352. The van der Waals surface area contributed by atoms with Gasteiger partial charge in [-0.2, -0.15) is 0 Å². The van der Waals surface area contributed by atoms with Gasteiger partial charge in [0.25, 0.3) is 5.88 Å². The van der Waals surface area contributed by atoms with Crippen LogP contribution in [0.25, 0.3) is 11.3 Å². The van der Waals surface area contributed by atoms with Crippen LogP contribution in [0.15, 0.2) is 22.6 Å². The van der Waals surface area contributed by atoms with E-state index in [-0.39, 0.29) is 29.7 Å². The molecular formula is C17H21NO8S. The average Bonchev–Trinajstić information content (AvgIpc) is 3.13. The summed E-state index contributed by atoms with van der Waals surface area (Å²) >= 11 is 0. The van der Waals surface area contributed by atoms with Crippen molar-refractivity contribution in [2.75, 3.05) is 30.8 Å². The number of hydrogen-bond acceptors (Lipinski definition) is 9. The first-order valence-corrected chi connectivity index (χ1v) is 9.76. The molecule has 0 aliphatic carbocycles. The smallest absolute Gasteiger partial charge is 0.308 e. The summed E-state index contributed by atoms with van der Waals surface area (Å²) < 4.78 is 43.2. The molecule has 0 amide bonds. The van der Waals surface area contributed by atoms with Crippen molar-refractivity contribution in [2.45, 2.75) is 13.3 Å². The lowest BCUT2D eigenvalue weighted by Crippen LogP contribution is -2.22. The van der Waals surface area contributed by atoms with Gasteiger partial charge in [0.15, 0.2) is 17.3 Å². The van der Waals surface area contributed by atoms with E-state index in [4.69, 9.17) is 18.6 Å². The third-order valence-corrected chi connectivity index (χ3v) is 5.97. The number of aromatic hydroxyl groups is 1. The molecule has 0 atom stereocenters. The number of benzene rings is 1. The number of anilines is 1. The molecule has 0 bridgehead atoms. The Morgan fingerprint density at radius 3 is 2.52 bits per heavy atom. The summed E-state index contributed by atoms with van der Waals surface area (Å²) in [4.78, 5) is 11.5. The van der Waals surface area contributed by atoms with Crippen molar-refractivity contribution in [3.8, 4) is 34.3 Å². The SMILES string of the molecule is COc1cccc(-c2oc(N3CCCS3(O)O)c(OC(C)=O)c2O)c1OC. The highest BCUT2D eigenvalue weighted by atomic mass is 32.3. The molecule has 0 spiro atoms. The fourth-order valence-electron chi connectivity index (χ4n) is 2.94. The van der Waals surface area contributed by atoms with Gasteiger partial charge < -0.3 is 23.7 Å². The van der Waals surface area contributed by atoms with E-state index in [2.05, 4.69) is 0 Å². The molecule has 1 fully saturated rings. The molecule has 1 aromatic carbocycles. The number of hydrogen-bond donors (Lipinski definition) is 3. The largest absolute Gasteiger partial charge is 0.502 e. The Labute approximate surface area is 157 Å². The van der Waals surface area contributed by atoms with Gasteiger partial charge in [-0.1, -0.05) is 6.07 Å². The van der Waals surface area contributed by atoms with E-state index < -0.39 is 22.5 Å². The van der Waals surface area contributed by atoms with Crippen LogP contribution in [0.1, 0.15) is 13.3 Å². The van der Waals surface area contributed by atoms with Crippen molar-refractivity contribution >= 4 is 22.6 Å². The molecule has 3 N–H and O–H groups in total. The number of carbonyl (C=O) groups is 1. The molecular weight excluding hydrogens is 378 g/mol.